The number of benzene rings is 2. The van der Waals surface area contributed by atoms with Crippen molar-refractivity contribution in [1.82, 2.24) is 20.2 Å². The van der Waals surface area contributed by atoms with Gasteiger partial charge in [-0.25, -0.2) is 4.39 Å². The molecular weight excluding hydrogens is 357 g/mol. The highest BCUT2D eigenvalue weighted by atomic mass is 19.1. The number of carbonyl (C=O) groups excluding carboxylic acids is 1. The van der Waals surface area contributed by atoms with E-state index in [9.17, 15) is 9.18 Å². The summed E-state index contributed by atoms with van der Waals surface area (Å²) in [6.45, 7) is 4.60. The Morgan fingerprint density at radius 3 is 2.75 bits per heavy atom. The maximum atomic E-state index is 13.5. The normalized spacial score (nSPS) is 14.8. The van der Waals surface area contributed by atoms with Gasteiger partial charge in [-0.2, -0.15) is 4.80 Å². The number of anilines is 1. The molecule has 0 saturated carbocycles. The number of tetrazole rings is 1. The first kappa shape index (κ1) is 18.3. The minimum atomic E-state index is -0.582. The zero-order chi connectivity index (χ0) is 19.7. The predicted molar refractivity (Wildman–Crippen MR) is 104 cm³/mol. The quantitative estimate of drug-likeness (QED) is 0.694. The lowest BCUT2D eigenvalue weighted by Gasteiger charge is -2.33. The maximum absolute atomic E-state index is 13.5. The van der Waals surface area contributed by atoms with Crippen molar-refractivity contribution in [2.75, 3.05) is 11.4 Å². The van der Waals surface area contributed by atoms with Crippen LogP contribution in [0.5, 0.6) is 0 Å². The van der Waals surface area contributed by atoms with Gasteiger partial charge in [0, 0.05) is 17.8 Å². The van der Waals surface area contributed by atoms with E-state index < -0.39 is 6.04 Å². The van der Waals surface area contributed by atoms with Crippen LogP contribution in [0.15, 0.2) is 48.5 Å². The van der Waals surface area contributed by atoms with Gasteiger partial charge in [0.25, 0.3) is 5.91 Å². The molecule has 3 aromatic rings. The van der Waals surface area contributed by atoms with Crippen LogP contribution < -0.4 is 4.90 Å². The molecule has 4 rings (SSSR count). The molecule has 1 amide bonds. The molecule has 2 heterocycles. The summed E-state index contributed by atoms with van der Waals surface area (Å²) < 4.78 is 13.5. The Labute approximate surface area is 163 Å². The van der Waals surface area contributed by atoms with Crippen LogP contribution in [0.4, 0.5) is 10.1 Å². The summed E-state index contributed by atoms with van der Waals surface area (Å²) in [5.74, 6) is -0.145. The second-order valence-corrected chi connectivity index (χ2v) is 7.35. The molecule has 0 saturated heterocycles. The number of aromatic nitrogens is 4. The van der Waals surface area contributed by atoms with E-state index in [1.807, 2.05) is 36.9 Å². The van der Waals surface area contributed by atoms with Crippen molar-refractivity contribution in [3.63, 3.8) is 0 Å². The summed E-state index contributed by atoms with van der Waals surface area (Å²) in [7, 11) is 0. The predicted octanol–water partition coefficient (Wildman–Crippen LogP) is 3.66. The highest BCUT2D eigenvalue weighted by Gasteiger charge is 2.33. The third kappa shape index (κ3) is 3.40. The van der Waals surface area contributed by atoms with E-state index in [1.165, 1.54) is 22.5 Å². The van der Waals surface area contributed by atoms with E-state index in [2.05, 4.69) is 21.5 Å². The van der Waals surface area contributed by atoms with Crippen molar-refractivity contribution < 1.29 is 9.18 Å². The SMILES string of the molecule is CC(C)C(C(=O)N1CCCc2ccccc21)n1nnc(-c2cccc(F)c2)n1. The summed E-state index contributed by atoms with van der Waals surface area (Å²) in [6.07, 6.45) is 1.89. The molecule has 1 aliphatic rings. The Kier molecular flexibility index (Phi) is 4.90. The molecule has 6 nitrogen and oxygen atoms in total. The average Bonchev–Trinajstić information content (AvgIpc) is 3.17. The highest BCUT2D eigenvalue weighted by molar-refractivity contribution is 5.97. The minimum Gasteiger partial charge on any atom is -0.310 e. The minimum absolute atomic E-state index is 0.0313. The van der Waals surface area contributed by atoms with E-state index in [0.717, 1.165) is 18.5 Å². The zero-order valence-electron chi connectivity index (χ0n) is 15.9. The molecule has 1 unspecified atom stereocenters. The Morgan fingerprint density at radius 2 is 1.96 bits per heavy atom. The van der Waals surface area contributed by atoms with Crippen LogP contribution in [0.2, 0.25) is 0 Å². The summed E-state index contributed by atoms with van der Waals surface area (Å²) in [5, 5.41) is 12.6. The van der Waals surface area contributed by atoms with Crippen LogP contribution in [0.1, 0.15) is 31.9 Å². The molecule has 144 valence electrons. The molecule has 0 fully saturated rings. The monoisotopic (exact) mass is 379 g/mol. The Bertz CT molecular complexity index is 1000. The van der Waals surface area contributed by atoms with Crippen molar-refractivity contribution in [1.29, 1.82) is 0 Å². The lowest BCUT2D eigenvalue weighted by atomic mass is 9.98. The largest absolute Gasteiger partial charge is 0.310 e. The second-order valence-electron chi connectivity index (χ2n) is 7.35. The number of aryl methyl sites for hydroxylation is 1. The lowest BCUT2D eigenvalue weighted by Crippen LogP contribution is -2.42. The number of halogens is 1. The second kappa shape index (κ2) is 7.50. The van der Waals surface area contributed by atoms with Crippen LogP contribution >= 0.6 is 0 Å². The van der Waals surface area contributed by atoms with Crippen molar-refractivity contribution in [2.24, 2.45) is 5.92 Å². The van der Waals surface area contributed by atoms with Crippen molar-refractivity contribution >= 4 is 11.6 Å². The lowest BCUT2D eigenvalue weighted by molar-refractivity contribution is -0.123. The Hall–Kier alpha value is -3.09. The number of nitrogens with zero attached hydrogens (tertiary/aromatic N) is 5. The molecule has 1 aliphatic heterocycles. The maximum Gasteiger partial charge on any atom is 0.254 e. The van der Waals surface area contributed by atoms with Crippen LogP contribution in [0.3, 0.4) is 0 Å². The van der Waals surface area contributed by atoms with Crippen molar-refractivity contribution in [3.05, 3.63) is 59.9 Å². The van der Waals surface area contributed by atoms with Gasteiger partial charge < -0.3 is 4.90 Å². The molecule has 0 bridgehead atoms. The first-order valence-electron chi connectivity index (χ1n) is 9.49. The molecule has 1 atom stereocenters. The number of hydrogen-bond acceptors (Lipinski definition) is 4. The average molecular weight is 379 g/mol. The Balaban J connectivity index is 1.66. The van der Waals surface area contributed by atoms with Gasteiger partial charge in [-0.15, -0.1) is 10.2 Å². The summed E-state index contributed by atoms with van der Waals surface area (Å²) in [6, 6.07) is 13.4. The van der Waals surface area contributed by atoms with Crippen LogP contribution in [-0.4, -0.2) is 32.7 Å². The summed E-state index contributed by atoms with van der Waals surface area (Å²) in [4.78, 5) is 16.6. The summed E-state index contributed by atoms with van der Waals surface area (Å²) in [5.41, 5.74) is 2.66. The van der Waals surface area contributed by atoms with Gasteiger partial charge in [0.1, 0.15) is 5.82 Å². The third-order valence-corrected chi connectivity index (χ3v) is 5.02. The van der Waals surface area contributed by atoms with E-state index in [1.54, 1.807) is 12.1 Å². The van der Waals surface area contributed by atoms with Gasteiger partial charge in [-0.05, 0) is 47.7 Å². The van der Waals surface area contributed by atoms with Crippen LogP contribution in [0.25, 0.3) is 11.4 Å². The van der Waals surface area contributed by atoms with E-state index in [-0.39, 0.29) is 17.6 Å². The molecular formula is C21H22FN5O. The van der Waals surface area contributed by atoms with Crippen molar-refractivity contribution in [3.8, 4) is 11.4 Å². The first-order valence-corrected chi connectivity index (χ1v) is 9.49. The van der Waals surface area contributed by atoms with Gasteiger partial charge in [0.15, 0.2) is 6.04 Å². The highest BCUT2D eigenvalue weighted by Crippen LogP contribution is 2.30. The first-order chi connectivity index (χ1) is 13.5. The number of rotatable bonds is 4. The van der Waals surface area contributed by atoms with Gasteiger partial charge in [-0.3, -0.25) is 4.79 Å². The number of carbonyl (C=O) groups is 1. The van der Waals surface area contributed by atoms with E-state index >= 15 is 0 Å². The third-order valence-electron chi connectivity index (χ3n) is 5.02. The molecule has 0 N–H and O–H groups in total. The van der Waals surface area contributed by atoms with Crippen molar-refractivity contribution in [2.45, 2.75) is 32.7 Å². The number of para-hydroxylation sites is 1. The van der Waals surface area contributed by atoms with E-state index in [0.29, 0.717) is 17.9 Å². The van der Waals surface area contributed by atoms with Gasteiger partial charge in [-0.1, -0.05) is 44.2 Å². The van der Waals surface area contributed by atoms with Gasteiger partial charge in [0.2, 0.25) is 5.82 Å². The smallest absolute Gasteiger partial charge is 0.254 e. The molecule has 0 spiro atoms. The molecule has 28 heavy (non-hydrogen) atoms. The molecule has 0 aliphatic carbocycles. The van der Waals surface area contributed by atoms with Gasteiger partial charge >= 0.3 is 0 Å². The number of amides is 1. The van der Waals surface area contributed by atoms with Crippen LogP contribution in [0, 0.1) is 11.7 Å². The fourth-order valence-electron chi connectivity index (χ4n) is 3.66. The Morgan fingerprint density at radius 1 is 1.14 bits per heavy atom. The summed E-state index contributed by atoms with van der Waals surface area (Å²) >= 11 is 0. The van der Waals surface area contributed by atoms with Gasteiger partial charge in [0.05, 0.1) is 0 Å². The molecule has 1 aromatic heterocycles. The van der Waals surface area contributed by atoms with E-state index in [4.69, 9.17) is 0 Å². The fraction of sp³-hybridized carbons (Fsp3) is 0.333. The number of hydrogen-bond donors (Lipinski definition) is 0. The number of fused-ring (bicyclic) bond motifs is 1. The van der Waals surface area contributed by atoms with Crippen LogP contribution in [-0.2, 0) is 11.2 Å². The standard InChI is InChI=1S/C21H22FN5O/c1-14(2)19(21(28)26-12-6-9-15-7-3-4-11-18(15)26)27-24-20(23-25-27)16-8-5-10-17(22)13-16/h3-5,7-8,10-11,13-14,19H,6,9,12H2,1-2H3. The topological polar surface area (TPSA) is 63.9 Å². The molecule has 7 heteroatoms. The molecule has 2 aromatic carbocycles. The molecule has 0 radical (unpaired) electrons. The fourth-order valence-corrected chi connectivity index (χ4v) is 3.66. The zero-order valence-corrected chi connectivity index (χ0v) is 15.9.